The summed E-state index contributed by atoms with van der Waals surface area (Å²) >= 11 is 0. The summed E-state index contributed by atoms with van der Waals surface area (Å²) < 4.78 is 5.81. The molecular weight excluding hydrogens is 214 g/mol. The van der Waals surface area contributed by atoms with Gasteiger partial charge < -0.3 is 15.0 Å². The summed E-state index contributed by atoms with van der Waals surface area (Å²) in [6.45, 7) is 8.22. The van der Waals surface area contributed by atoms with Crippen LogP contribution in [0.15, 0.2) is 18.3 Å². The molecule has 0 atom stereocenters. The van der Waals surface area contributed by atoms with E-state index in [4.69, 9.17) is 4.74 Å². The Morgan fingerprint density at radius 1 is 1.35 bits per heavy atom. The summed E-state index contributed by atoms with van der Waals surface area (Å²) in [4.78, 5) is 6.77. The fourth-order valence-electron chi connectivity index (χ4n) is 2.02. The van der Waals surface area contributed by atoms with Crippen molar-refractivity contribution in [3.05, 3.63) is 18.3 Å². The predicted octanol–water partition coefficient (Wildman–Crippen LogP) is 1.67. The number of nitrogens with one attached hydrogen (secondary N) is 1. The van der Waals surface area contributed by atoms with E-state index >= 15 is 0 Å². The van der Waals surface area contributed by atoms with Gasteiger partial charge in [0.2, 0.25) is 0 Å². The highest BCUT2D eigenvalue weighted by molar-refractivity contribution is 5.52. The van der Waals surface area contributed by atoms with E-state index in [0.29, 0.717) is 0 Å². The maximum absolute atomic E-state index is 5.81. The summed E-state index contributed by atoms with van der Waals surface area (Å²) in [6, 6.07) is 3.93. The smallest absolute Gasteiger partial charge is 0.171 e. The van der Waals surface area contributed by atoms with Crippen molar-refractivity contribution >= 4 is 5.82 Å². The molecule has 2 heterocycles. The van der Waals surface area contributed by atoms with E-state index in [-0.39, 0.29) is 6.10 Å². The van der Waals surface area contributed by atoms with E-state index in [9.17, 15) is 0 Å². The zero-order valence-corrected chi connectivity index (χ0v) is 10.6. The minimum absolute atomic E-state index is 0.183. The molecule has 1 N–H and O–H groups in total. The van der Waals surface area contributed by atoms with Gasteiger partial charge in [-0.15, -0.1) is 0 Å². The Labute approximate surface area is 103 Å². The van der Waals surface area contributed by atoms with Crippen LogP contribution in [0.1, 0.15) is 20.3 Å². The van der Waals surface area contributed by atoms with Gasteiger partial charge in [0, 0.05) is 25.8 Å². The molecule has 0 aromatic carbocycles. The molecule has 1 aromatic rings. The largest absolute Gasteiger partial charge is 0.487 e. The molecule has 0 amide bonds. The lowest BCUT2D eigenvalue weighted by atomic mass is 10.3. The summed E-state index contributed by atoms with van der Waals surface area (Å²) in [5.74, 6) is 1.87. The van der Waals surface area contributed by atoms with Gasteiger partial charge in [0.1, 0.15) is 0 Å². The maximum Gasteiger partial charge on any atom is 0.171 e. The third kappa shape index (κ3) is 3.33. The van der Waals surface area contributed by atoms with Crippen LogP contribution in [-0.4, -0.2) is 37.3 Å². The highest BCUT2D eigenvalue weighted by atomic mass is 16.5. The Bertz CT molecular complexity index is 346. The van der Waals surface area contributed by atoms with Crippen molar-refractivity contribution in [3.8, 4) is 5.75 Å². The zero-order chi connectivity index (χ0) is 12.1. The van der Waals surface area contributed by atoms with Crippen LogP contribution in [0.5, 0.6) is 5.75 Å². The summed E-state index contributed by atoms with van der Waals surface area (Å²) in [5.41, 5.74) is 0. The number of rotatable bonds is 3. The van der Waals surface area contributed by atoms with Crippen molar-refractivity contribution < 1.29 is 4.74 Å². The van der Waals surface area contributed by atoms with Crippen LogP contribution in [0.25, 0.3) is 0 Å². The molecule has 0 radical (unpaired) electrons. The third-order valence-electron chi connectivity index (χ3n) is 2.75. The normalized spacial score (nSPS) is 17.0. The van der Waals surface area contributed by atoms with Gasteiger partial charge in [-0.2, -0.15) is 0 Å². The SMILES string of the molecule is CC(C)Oc1cccnc1N1CCCNCC1. The fourth-order valence-corrected chi connectivity index (χ4v) is 2.02. The molecule has 2 rings (SSSR count). The minimum atomic E-state index is 0.183. The molecule has 94 valence electrons. The van der Waals surface area contributed by atoms with Crippen molar-refractivity contribution in [3.63, 3.8) is 0 Å². The standard InChI is InChI=1S/C13H21N3O/c1-11(2)17-12-5-3-7-15-13(12)16-9-4-6-14-8-10-16/h3,5,7,11,14H,4,6,8-10H2,1-2H3. The average molecular weight is 235 g/mol. The van der Waals surface area contributed by atoms with E-state index in [2.05, 4.69) is 15.2 Å². The Balaban J connectivity index is 2.17. The molecule has 17 heavy (non-hydrogen) atoms. The van der Waals surface area contributed by atoms with Crippen LogP contribution in [0, 0.1) is 0 Å². The molecule has 4 heteroatoms. The van der Waals surface area contributed by atoms with Crippen LogP contribution < -0.4 is 15.0 Å². The van der Waals surface area contributed by atoms with Crippen LogP contribution in [0.2, 0.25) is 0 Å². The minimum Gasteiger partial charge on any atom is -0.487 e. The van der Waals surface area contributed by atoms with Gasteiger partial charge in [-0.25, -0.2) is 4.98 Å². The molecule has 1 aliphatic rings. The topological polar surface area (TPSA) is 37.4 Å². The molecular formula is C13H21N3O. The molecule has 1 saturated heterocycles. The van der Waals surface area contributed by atoms with Gasteiger partial charge in [-0.3, -0.25) is 0 Å². The first-order valence-corrected chi connectivity index (χ1v) is 6.34. The van der Waals surface area contributed by atoms with Gasteiger partial charge in [-0.1, -0.05) is 0 Å². The summed E-state index contributed by atoms with van der Waals surface area (Å²) in [6.07, 6.45) is 3.17. The van der Waals surface area contributed by atoms with E-state index < -0.39 is 0 Å². The fraction of sp³-hybridized carbons (Fsp3) is 0.615. The first-order valence-electron chi connectivity index (χ1n) is 6.34. The molecule has 0 bridgehead atoms. The Kier molecular flexibility index (Phi) is 4.20. The Morgan fingerprint density at radius 2 is 2.24 bits per heavy atom. The van der Waals surface area contributed by atoms with E-state index in [1.807, 2.05) is 32.2 Å². The van der Waals surface area contributed by atoms with Gasteiger partial charge in [0.25, 0.3) is 0 Å². The lowest BCUT2D eigenvalue weighted by Crippen LogP contribution is -2.29. The zero-order valence-electron chi connectivity index (χ0n) is 10.6. The number of ether oxygens (including phenoxy) is 1. The lowest BCUT2D eigenvalue weighted by molar-refractivity contribution is 0.242. The van der Waals surface area contributed by atoms with Crippen molar-refractivity contribution in [1.82, 2.24) is 10.3 Å². The van der Waals surface area contributed by atoms with Crippen molar-refractivity contribution in [2.45, 2.75) is 26.4 Å². The number of nitrogens with zero attached hydrogens (tertiary/aromatic N) is 2. The first kappa shape index (κ1) is 12.2. The second kappa shape index (κ2) is 5.87. The highest BCUT2D eigenvalue weighted by Crippen LogP contribution is 2.26. The van der Waals surface area contributed by atoms with Crippen LogP contribution >= 0.6 is 0 Å². The predicted molar refractivity (Wildman–Crippen MR) is 69.7 cm³/mol. The van der Waals surface area contributed by atoms with Crippen molar-refractivity contribution in [1.29, 1.82) is 0 Å². The lowest BCUT2D eigenvalue weighted by Gasteiger charge is -2.24. The van der Waals surface area contributed by atoms with Gasteiger partial charge in [0.15, 0.2) is 11.6 Å². The molecule has 0 saturated carbocycles. The third-order valence-corrected chi connectivity index (χ3v) is 2.75. The maximum atomic E-state index is 5.81. The van der Waals surface area contributed by atoms with Gasteiger partial charge in [-0.05, 0) is 38.9 Å². The monoisotopic (exact) mass is 235 g/mol. The summed E-state index contributed by atoms with van der Waals surface area (Å²) in [5, 5.41) is 3.40. The highest BCUT2D eigenvalue weighted by Gasteiger charge is 2.15. The van der Waals surface area contributed by atoms with Crippen molar-refractivity contribution in [2.75, 3.05) is 31.1 Å². The average Bonchev–Trinajstić information content (AvgIpc) is 2.57. The molecule has 0 spiro atoms. The quantitative estimate of drug-likeness (QED) is 0.864. The second-order valence-electron chi connectivity index (χ2n) is 4.58. The van der Waals surface area contributed by atoms with Crippen LogP contribution in [-0.2, 0) is 0 Å². The first-order chi connectivity index (χ1) is 8.27. The van der Waals surface area contributed by atoms with E-state index in [1.165, 1.54) is 0 Å². The molecule has 1 aliphatic heterocycles. The number of hydrogen-bond acceptors (Lipinski definition) is 4. The second-order valence-corrected chi connectivity index (χ2v) is 4.58. The van der Waals surface area contributed by atoms with Gasteiger partial charge >= 0.3 is 0 Å². The number of pyridine rings is 1. The van der Waals surface area contributed by atoms with Crippen LogP contribution in [0.3, 0.4) is 0 Å². The summed E-state index contributed by atoms with van der Waals surface area (Å²) in [7, 11) is 0. The van der Waals surface area contributed by atoms with E-state index in [0.717, 1.165) is 44.2 Å². The molecule has 1 fully saturated rings. The van der Waals surface area contributed by atoms with Gasteiger partial charge in [0.05, 0.1) is 6.10 Å². The molecule has 0 aliphatic carbocycles. The Morgan fingerprint density at radius 3 is 3.06 bits per heavy atom. The van der Waals surface area contributed by atoms with E-state index in [1.54, 1.807) is 0 Å². The number of aromatic nitrogens is 1. The Hall–Kier alpha value is -1.29. The number of hydrogen-bond donors (Lipinski definition) is 1. The molecule has 0 unspecified atom stereocenters. The molecule has 1 aromatic heterocycles. The molecule has 4 nitrogen and oxygen atoms in total. The van der Waals surface area contributed by atoms with Crippen LogP contribution in [0.4, 0.5) is 5.82 Å². The number of anilines is 1. The van der Waals surface area contributed by atoms with Crippen molar-refractivity contribution in [2.24, 2.45) is 0 Å².